The number of ether oxygens (including phenoxy) is 1. The quantitative estimate of drug-likeness (QED) is 0.868. The molecule has 0 amide bonds. The van der Waals surface area contributed by atoms with Crippen molar-refractivity contribution in [3.05, 3.63) is 23.8 Å². The Labute approximate surface area is 109 Å². The largest absolute Gasteiger partial charge is 0.385 e. The molecule has 1 saturated heterocycles. The van der Waals surface area contributed by atoms with E-state index in [2.05, 4.69) is 42.4 Å². The molecule has 0 spiro atoms. The Kier molecular flexibility index (Phi) is 3.16. The van der Waals surface area contributed by atoms with E-state index in [9.17, 15) is 0 Å². The van der Waals surface area contributed by atoms with Crippen LogP contribution in [-0.4, -0.2) is 32.3 Å². The Morgan fingerprint density at radius 3 is 3.06 bits per heavy atom. The van der Waals surface area contributed by atoms with Crippen LogP contribution in [0.4, 0.5) is 11.4 Å². The van der Waals surface area contributed by atoms with Crippen LogP contribution >= 0.6 is 0 Å². The third-order valence-corrected chi connectivity index (χ3v) is 4.28. The van der Waals surface area contributed by atoms with E-state index in [0.717, 1.165) is 19.6 Å². The minimum absolute atomic E-state index is 0.336. The van der Waals surface area contributed by atoms with E-state index in [-0.39, 0.29) is 0 Å². The molecule has 0 aliphatic carbocycles. The van der Waals surface area contributed by atoms with Gasteiger partial charge in [0.2, 0.25) is 0 Å². The zero-order chi connectivity index (χ0) is 12.5. The Bertz CT molecular complexity index is 433. The highest BCUT2D eigenvalue weighted by atomic mass is 16.5. The molecule has 0 bridgehead atoms. The highest BCUT2D eigenvalue weighted by Gasteiger charge is 2.29. The number of anilines is 2. The first-order chi connectivity index (χ1) is 8.77. The summed E-state index contributed by atoms with van der Waals surface area (Å²) >= 11 is 0. The molecule has 2 aliphatic heterocycles. The van der Waals surface area contributed by atoms with E-state index in [1.165, 1.54) is 29.8 Å². The van der Waals surface area contributed by atoms with E-state index in [0.29, 0.717) is 12.1 Å². The van der Waals surface area contributed by atoms with Gasteiger partial charge in [-0.3, -0.25) is 0 Å². The van der Waals surface area contributed by atoms with Crippen molar-refractivity contribution in [2.75, 3.05) is 30.4 Å². The van der Waals surface area contributed by atoms with Gasteiger partial charge in [-0.25, -0.2) is 0 Å². The van der Waals surface area contributed by atoms with Crippen LogP contribution < -0.4 is 10.2 Å². The van der Waals surface area contributed by atoms with Crippen molar-refractivity contribution in [1.29, 1.82) is 0 Å². The summed E-state index contributed by atoms with van der Waals surface area (Å²) in [4.78, 5) is 2.42. The average Bonchev–Trinajstić information content (AvgIpc) is 2.83. The van der Waals surface area contributed by atoms with Crippen LogP contribution in [0.15, 0.2) is 18.2 Å². The predicted molar refractivity (Wildman–Crippen MR) is 75.5 cm³/mol. The zero-order valence-electron chi connectivity index (χ0n) is 11.3. The Morgan fingerprint density at radius 1 is 1.39 bits per heavy atom. The van der Waals surface area contributed by atoms with Crippen LogP contribution in [0.2, 0.25) is 0 Å². The number of rotatable bonds is 2. The molecule has 2 aliphatic rings. The van der Waals surface area contributed by atoms with Gasteiger partial charge < -0.3 is 15.0 Å². The summed E-state index contributed by atoms with van der Waals surface area (Å²) in [5.74, 6) is 0. The van der Waals surface area contributed by atoms with Crippen LogP contribution in [0, 0.1) is 0 Å². The maximum atomic E-state index is 5.69. The van der Waals surface area contributed by atoms with E-state index in [1.807, 2.05) is 0 Å². The fourth-order valence-corrected chi connectivity index (χ4v) is 3.23. The Hall–Kier alpha value is -1.22. The fourth-order valence-electron chi connectivity index (χ4n) is 3.23. The van der Waals surface area contributed by atoms with Gasteiger partial charge in [-0.15, -0.1) is 0 Å². The first kappa shape index (κ1) is 11.8. The molecule has 18 heavy (non-hydrogen) atoms. The number of hydrogen-bond acceptors (Lipinski definition) is 3. The van der Waals surface area contributed by atoms with Crippen LogP contribution in [-0.2, 0) is 11.2 Å². The van der Waals surface area contributed by atoms with Gasteiger partial charge in [0.15, 0.2) is 0 Å². The van der Waals surface area contributed by atoms with E-state index in [4.69, 9.17) is 4.74 Å². The maximum Gasteiger partial charge on any atom is 0.0750 e. The number of fused-ring (bicyclic) bond motifs is 1. The van der Waals surface area contributed by atoms with Crippen LogP contribution in [0.25, 0.3) is 0 Å². The van der Waals surface area contributed by atoms with Crippen molar-refractivity contribution in [3.8, 4) is 0 Å². The molecule has 3 heteroatoms. The summed E-state index contributed by atoms with van der Waals surface area (Å²) < 4.78 is 5.69. The third kappa shape index (κ3) is 1.97. The summed E-state index contributed by atoms with van der Waals surface area (Å²) in [6.45, 7) is 4.17. The van der Waals surface area contributed by atoms with Crippen molar-refractivity contribution in [1.82, 2.24) is 0 Å². The minimum atomic E-state index is 0.336. The SMILES string of the molecule is CC1OCCC1N(C)c1cccc2c1CCCN2. The number of likely N-dealkylation sites (N-methyl/N-ethyl adjacent to an activating group) is 1. The summed E-state index contributed by atoms with van der Waals surface area (Å²) in [5.41, 5.74) is 4.17. The van der Waals surface area contributed by atoms with Gasteiger partial charge in [-0.1, -0.05) is 6.07 Å². The van der Waals surface area contributed by atoms with Gasteiger partial charge in [0.1, 0.15) is 0 Å². The first-order valence-electron chi connectivity index (χ1n) is 6.97. The summed E-state index contributed by atoms with van der Waals surface area (Å²) in [6.07, 6.45) is 3.89. The molecule has 0 saturated carbocycles. The predicted octanol–water partition coefficient (Wildman–Crippen LogP) is 2.66. The van der Waals surface area contributed by atoms with E-state index in [1.54, 1.807) is 0 Å². The lowest BCUT2D eigenvalue weighted by molar-refractivity contribution is 0.118. The smallest absolute Gasteiger partial charge is 0.0750 e. The number of nitrogens with zero attached hydrogens (tertiary/aromatic N) is 1. The van der Waals surface area contributed by atoms with Crippen molar-refractivity contribution in [3.63, 3.8) is 0 Å². The van der Waals surface area contributed by atoms with Gasteiger partial charge in [0.25, 0.3) is 0 Å². The molecule has 2 atom stereocenters. The summed E-state index contributed by atoms with van der Waals surface area (Å²) in [5, 5.41) is 3.50. The lowest BCUT2D eigenvalue weighted by Gasteiger charge is -2.32. The maximum absolute atomic E-state index is 5.69. The van der Waals surface area contributed by atoms with Gasteiger partial charge >= 0.3 is 0 Å². The number of benzene rings is 1. The molecule has 0 radical (unpaired) electrons. The molecule has 1 aromatic carbocycles. The van der Waals surface area contributed by atoms with E-state index < -0.39 is 0 Å². The minimum Gasteiger partial charge on any atom is -0.385 e. The average molecular weight is 246 g/mol. The van der Waals surface area contributed by atoms with Gasteiger partial charge in [0.05, 0.1) is 12.1 Å². The normalized spacial score (nSPS) is 26.6. The second-order valence-electron chi connectivity index (χ2n) is 5.38. The van der Waals surface area contributed by atoms with Crippen LogP contribution in [0.1, 0.15) is 25.3 Å². The molecule has 1 N–H and O–H groups in total. The van der Waals surface area contributed by atoms with Crippen LogP contribution in [0.5, 0.6) is 0 Å². The van der Waals surface area contributed by atoms with Gasteiger partial charge in [-0.2, -0.15) is 0 Å². The Balaban J connectivity index is 1.91. The van der Waals surface area contributed by atoms with Crippen molar-refractivity contribution in [2.45, 2.75) is 38.3 Å². The third-order valence-electron chi connectivity index (χ3n) is 4.28. The Morgan fingerprint density at radius 2 is 2.28 bits per heavy atom. The molecule has 3 nitrogen and oxygen atoms in total. The molecule has 98 valence electrons. The monoisotopic (exact) mass is 246 g/mol. The zero-order valence-corrected chi connectivity index (χ0v) is 11.3. The van der Waals surface area contributed by atoms with E-state index >= 15 is 0 Å². The lowest BCUT2D eigenvalue weighted by Crippen LogP contribution is -2.37. The number of hydrogen-bond donors (Lipinski definition) is 1. The molecule has 2 unspecified atom stereocenters. The molecule has 2 heterocycles. The van der Waals surface area contributed by atoms with Gasteiger partial charge in [0, 0.05) is 31.6 Å². The van der Waals surface area contributed by atoms with Crippen molar-refractivity contribution >= 4 is 11.4 Å². The molecular weight excluding hydrogens is 224 g/mol. The van der Waals surface area contributed by atoms with Gasteiger partial charge in [-0.05, 0) is 43.9 Å². The summed E-state index contributed by atoms with van der Waals surface area (Å²) in [7, 11) is 2.21. The second-order valence-corrected chi connectivity index (χ2v) is 5.38. The second kappa shape index (κ2) is 4.81. The lowest BCUT2D eigenvalue weighted by atomic mass is 9.99. The highest BCUT2D eigenvalue weighted by molar-refractivity contribution is 5.68. The molecule has 1 fully saturated rings. The molecule has 1 aromatic rings. The molecule has 3 rings (SSSR count). The first-order valence-corrected chi connectivity index (χ1v) is 6.97. The van der Waals surface area contributed by atoms with Crippen molar-refractivity contribution in [2.24, 2.45) is 0 Å². The summed E-state index contributed by atoms with van der Waals surface area (Å²) in [6, 6.07) is 7.11. The fraction of sp³-hybridized carbons (Fsp3) is 0.600. The topological polar surface area (TPSA) is 24.5 Å². The van der Waals surface area contributed by atoms with Crippen molar-refractivity contribution < 1.29 is 4.74 Å². The number of nitrogens with one attached hydrogen (secondary N) is 1. The molecule has 0 aromatic heterocycles. The van der Waals surface area contributed by atoms with Crippen LogP contribution in [0.3, 0.4) is 0 Å². The standard InChI is InChI=1S/C15H22N2O/c1-11-14(8-10-18-11)17(2)15-7-3-6-13-12(15)5-4-9-16-13/h3,6-7,11,14,16H,4-5,8-10H2,1-2H3. The molecular formula is C15H22N2O. The highest BCUT2D eigenvalue weighted by Crippen LogP contribution is 2.33.